The summed E-state index contributed by atoms with van der Waals surface area (Å²) in [5.74, 6) is 0.191. The van der Waals surface area contributed by atoms with Crippen LogP contribution in [0.5, 0.6) is 0 Å². The van der Waals surface area contributed by atoms with Gasteiger partial charge in [0, 0.05) is 13.1 Å². The van der Waals surface area contributed by atoms with E-state index in [2.05, 4.69) is 37.6 Å². The molecule has 0 aliphatic rings. The van der Waals surface area contributed by atoms with Gasteiger partial charge in [-0.25, -0.2) is 9.78 Å². The number of thiazole rings is 1. The SMILES string of the molecule is CCc1nc(N(CC(C)C)CC(C)C)sc1C(=O)O. The third-order valence-electron chi connectivity index (χ3n) is 2.66. The summed E-state index contributed by atoms with van der Waals surface area (Å²) in [5, 5.41) is 10.1. The molecule has 1 aromatic heterocycles. The first-order chi connectivity index (χ1) is 8.85. The van der Waals surface area contributed by atoms with Crippen LogP contribution >= 0.6 is 11.3 Å². The van der Waals surface area contributed by atoms with Crippen molar-refractivity contribution in [2.45, 2.75) is 41.0 Å². The van der Waals surface area contributed by atoms with Gasteiger partial charge in [-0.05, 0) is 18.3 Å². The van der Waals surface area contributed by atoms with Gasteiger partial charge < -0.3 is 10.0 Å². The number of aryl methyl sites for hydroxylation is 1. The fraction of sp³-hybridized carbons (Fsp3) is 0.714. The molecule has 0 saturated heterocycles. The van der Waals surface area contributed by atoms with Gasteiger partial charge in [0.05, 0.1) is 5.69 Å². The standard InChI is InChI=1S/C14H24N2O2S/c1-6-11-12(13(17)18)19-14(15-11)16(7-9(2)3)8-10(4)5/h9-10H,6-8H2,1-5H3,(H,17,18). The molecule has 0 aromatic carbocycles. The van der Waals surface area contributed by atoms with Crippen LogP contribution in [0.2, 0.25) is 0 Å². The summed E-state index contributed by atoms with van der Waals surface area (Å²) in [4.78, 5) is 18.3. The number of rotatable bonds is 7. The molecule has 0 atom stereocenters. The number of aromatic nitrogens is 1. The molecule has 108 valence electrons. The summed E-state index contributed by atoms with van der Waals surface area (Å²) >= 11 is 1.30. The van der Waals surface area contributed by atoms with Gasteiger partial charge in [-0.2, -0.15) is 0 Å². The Bertz CT molecular complexity index is 417. The van der Waals surface area contributed by atoms with Gasteiger partial charge in [0.15, 0.2) is 5.13 Å². The molecule has 4 nitrogen and oxygen atoms in total. The lowest BCUT2D eigenvalue weighted by molar-refractivity contribution is 0.0701. The Morgan fingerprint density at radius 1 is 1.26 bits per heavy atom. The lowest BCUT2D eigenvalue weighted by Gasteiger charge is -2.25. The minimum atomic E-state index is -0.866. The third kappa shape index (κ3) is 4.49. The van der Waals surface area contributed by atoms with Crippen LogP contribution in [0.25, 0.3) is 0 Å². The van der Waals surface area contributed by atoms with Gasteiger partial charge in [0.1, 0.15) is 4.88 Å². The Kier molecular flexibility index (Phi) is 5.79. The Hall–Kier alpha value is -1.10. The number of carbonyl (C=O) groups is 1. The van der Waals surface area contributed by atoms with Crippen LogP contribution in [0.4, 0.5) is 5.13 Å². The first-order valence-corrected chi connectivity index (χ1v) is 7.64. The van der Waals surface area contributed by atoms with E-state index in [-0.39, 0.29) is 0 Å². The van der Waals surface area contributed by atoms with Crippen molar-refractivity contribution in [3.63, 3.8) is 0 Å². The van der Waals surface area contributed by atoms with E-state index in [1.807, 2.05) is 6.92 Å². The zero-order chi connectivity index (χ0) is 14.6. The average Bonchev–Trinajstić information content (AvgIpc) is 2.70. The van der Waals surface area contributed by atoms with E-state index in [1.165, 1.54) is 11.3 Å². The molecule has 5 heteroatoms. The number of nitrogens with zero attached hydrogens (tertiary/aromatic N) is 2. The minimum Gasteiger partial charge on any atom is -0.477 e. The first-order valence-electron chi connectivity index (χ1n) is 6.83. The highest BCUT2D eigenvalue weighted by Crippen LogP contribution is 2.28. The number of hydrogen-bond acceptors (Lipinski definition) is 4. The zero-order valence-corrected chi connectivity index (χ0v) is 13.3. The van der Waals surface area contributed by atoms with Crippen LogP contribution in [-0.4, -0.2) is 29.1 Å². The Morgan fingerprint density at radius 2 is 1.79 bits per heavy atom. The second kappa shape index (κ2) is 6.89. The summed E-state index contributed by atoms with van der Waals surface area (Å²) in [6.07, 6.45) is 0.662. The van der Waals surface area contributed by atoms with Gasteiger partial charge >= 0.3 is 5.97 Å². The van der Waals surface area contributed by atoms with Crippen molar-refractivity contribution in [1.82, 2.24) is 4.98 Å². The molecule has 0 spiro atoms. The molecule has 1 heterocycles. The lowest BCUT2D eigenvalue weighted by atomic mass is 10.1. The number of hydrogen-bond donors (Lipinski definition) is 1. The number of carboxylic acids is 1. The second-order valence-electron chi connectivity index (χ2n) is 5.62. The monoisotopic (exact) mass is 284 g/mol. The summed E-state index contributed by atoms with van der Waals surface area (Å²) in [7, 11) is 0. The Labute approximate surface area is 119 Å². The van der Waals surface area contributed by atoms with Crippen LogP contribution in [0.1, 0.15) is 50.0 Å². The lowest BCUT2D eigenvalue weighted by Crippen LogP contribution is -2.31. The van der Waals surface area contributed by atoms with Crippen molar-refractivity contribution in [3.05, 3.63) is 10.6 Å². The summed E-state index contributed by atoms with van der Waals surface area (Å²) in [5.41, 5.74) is 0.699. The molecule has 1 rings (SSSR count). The highest BCUT2D eigenvalue weighted by molar-refractivity contribution is 7.17. The molecule has 1 aromatic rings. The zero-order valence-electron chi connectivity index (χ0n) is 12.4. The molecular weight excluding hydrogens is 260 g/mol. The van der Waals surface area contributed by atoms with E-state index >= 15 is 0 Å². The van der Waals surface area contributed by atoms with E-state index in [9.17, 15) is 9.90 Å². The predicted octanol–water partition coefficient (Wildman–Crippen LogP) is 3.52. The van der Waals surface area contributed by atoms with Crippen LogP contribution < -0.4 is 4.90 Å². The normalized spacial score (nSPS) is 11.3. The Balaban J connectivity index is 3.04. The topological polar surface area (TPSA) is 53.4 Å². The van der Waals surface area contributed by atoms with Crippen molar-refractivity contribution < 1.29 is 9.90 Å². The third-order valence-corrected chi connectivity index (χ3v) is 3.80. The number of carboxylic acid groups (broad SMARTS) is 1. The van der Waals surface area contributed by atoms with Crippen molar-refractivity contribution in [2.75, 3.05) is 18.0 Å². The predicted molar refractivity (Wildman–Crippen MR) is 80.3 cm³/mol. The largest absolute Gasteiger partial charge is 0.477 e. The molecule has 0 aliphatic heterocycles. The quantitative estimate of drug-likeness (QED) is 0.832. The van der Waals surface area contributed by atoms with E-state index < -0.39 is 5.97 Å². The molecule has 0 bridgehead atoms. The highest BCUT2D eigenvalue weighted by atomic mass is 32.1. The Morgan fingerprint density at radius 3 is 2.11 bits per heavy atom. The molecule has 1 N–H and O–H groups in total. The van der Waals surface area contributed by atoms with E-state index in [1.54, 1.807) is 0 Å². The van der Waals surface area contributed by atoms with Gasteiger partial charge in [0.25, 0.3) is 0 Å². The van der Waals surface area contributed by atoms with Gasteiger partial charge in [-0.1, -0.05) is 46.0 Å². The van der Waals surface area contributed by atoms with E-state index in [4.69, 9.17) is 0 Å². The first kappa shape index (κ1) is 16.0. The molecule has 0 radical (unpaired) electrons. The summed E-state index contributed by atoms with van der Waals surface area (Å²) < 4.78 is 0. The maximum Gasteiger partial charge on any atom is 0.347 e. The molecular formula is C14H24N2O2S. The molecule has 0 amide bonds. The van der Waals surface area contributed by atoms with Crippen molar-refractivity contribution in [2.24, 2.45) is 11.8 Å². The maximum atomic E-state index is 11.2. The van der Waals surface area contributed by atoms with Crippen LogP contribution in [0.15, 0.2) is 0 Å². The van der Waals surface area contributed by atoms with E-state index in [0.717, 1.165) is 18.2 Å². The van der Waals surface area contributed by atoms with Crippen LogP contribution in [0.3, 0.4) is 0 Å². The van der Waals surface area contributed by atoms with Crippen molar-refractivity contribution in [1.29, 1.82) is 0 Å². The smallest absolute Gasteiger partial charge is 0.347 e. The minimum absolute atomic E-state index is 0.384. The average molecular weight is 284 g/mol. The molecule has 0 aliphatic carbocycles. The van der Waals surface area contributed by atoms with Crippen LogP contribution in [-0.2, 0) is 6.42 Å². The molecule has 19 heavy (non-hydrogen) atoms. The number of anilines is 1. The van der Waals surface area contributed by atoms with Gasteiger partial charge in [0.2, 0.25) is 0 Å². The summed E-state index contributed by atoms with van der Waals surface area (Å²) in [6, 6.07) is 0. The molecule has 0 saturated carbocycles. The second-order valence-corrected chi connectivity index (χ2v) is 6.60. The molecule has 0 unspecified atom stereocenters. The van der Waals surface area contributed by atoms with E-state index in [0.29, 0.717) is 28.8 Å². The van der Waals surface area contributed by atoms with Gasteiger partial charge in [-0.3, -0.25) is 0 Å². The summed E-state index contributed by atoms with van der Waals surface area (Å²) in [6.45, 7) is 12.4. The molecule has 0 fully saturated rings. The van der Waals surface area contributed by atoms with Crippen molar-refractivity contribution >= 4 is 22.4 Å². The maximum absolute atomic E-state index is 11.2. The highest BCUT2D eigenvalue weighted by Gasteiger charge is 2.20. The fourth-order valence-electron chi connectivity index (χ4n) is 1.99. The van der Waals surface area contributed by atoms with Crippen molar-refractivity contribution in [3.8, 4) is 0 Å². The fourth-order valence-corrected chi connectivity index (χ4v) is 3.01. The van der Waals surface area contributed by atoms with Crippen LogP contribution in [0, 0.1) is 11.8 Å². The van der Waals surface area contributed by atoms with Gasteiger partial charge in [-0.15, -0.1) is 0 Å². The number of aromatic carboxylic acids is 1.